The van der Waals surface area contributed by atoms with Crippen molar-refractivity contribution >= 4 is 17.4 Å². The van der Waals surface area contributed by atoms with Crippen molar-refractivity contribution in [3.63, 3.8) is 0 Å². The molecule has 0 atom stereocenters. The summed E-state index contributed by atoms with van der Waals surface area (Å²) in [5.74, 6) is -0.371. The lowest BCUT2D eigenvalue weighted by atomic mass is 10.1. The van der Waals surface area contributed by atoms with E-state index in [2.05, 4.69) is 5.32 Å². The lowest BCUT2D eigenvalue weighted by Gasteiger charge is -2.01. The van der Waals surface area contributed by atoms with E-state index in [1.165, 1.54) is 6.92 Å². The molecule has 0 saturated carbocycles. The lowest BCUT2D eigenvalue weighted by molar-refractivity contribution is -0.114. The molecule has 68 valence electrons. The molecule has 0 fully saturated rings. The number of carbonyl (C=O) groups is 2. The molecule has 0 saturated heterocycles. The molecule has 0 aliphatic rings. The van der Waals surface area contributed by atoms with E-state index in [1.54, 1.807) is 24.3 Å². The summed E-state index contributed by atoms with van der Waals surface area (Å²) in [4.78, 5) is 21.8. The molecule has 0 aliphatic carbocycles. The van der Waals surface area contributed by atoms with Crippen LogP contribution in [0.5, 0.6) is 0 Å². The van der Waals surface area contributed by atoms with Crippen molar-refractivity contribution in [3.05, 3.63) is 29.8 Å². The number of rotatable bonds is 2. The van der Waals surface area contributed by atoms with Gasteiger partial charge in [-0.05, 0) is 31.2 Å². The first kappa shape index (κ1) is 7.98. The van der Waals surface area contributed by atoms with Crippen LogP contribution in [0.1, 0.15) is 25.6 Å². The maximum atomic E-state index is 11.1. The second-order valence-corrected chi connectivity index (χ2v) is 2.68. The van der Waals surface area contributed by atoms with Crippen molar-refractivity contribution in [1.29, 1.82) is 0 Å². The highest BCUT2D eigenvalue weighted by molar-refractivity contribution is 5.95. The molecule has 0 radical (unpaired) electrons. The summed E-state index contributed by atoms with van der Waals surface area (Å²) >= 11 is 0. The Morgan fingerprint density at radius 1 is 1.31 bits per heavy atom. The number of hydrogen-bond donors (Lipinski definition) is 1. The van der Waals surface area contributed by atoms with E-state index in [0.29, 0.717) is 11.3 Å². The molecule has 0 spiro atoms. The summed E-state index contributed by atoms with van der Waals surface area (Å²) in [6, 6.07) is 6.48. The van der Waals surface area contributed by atoms with E-state index in [-0.39, 0.29) is 18.6 Å². The molecule has 0 aromatic heterocycles. The van der Waals surface area contributed by atoms with Crippen molar-refractivity contribution in [1.82, 2.24) is 0 Å². The van der Waals surface area contributed by atoms with Gasteiger partial charge in [-0.1, -0.05) is 0 Å². The number of hydrogen-bond acceptors (Lipinski definition) is 2. The molecule has 1 amide bonds. The van der Waals surface area contributed by atoms with E-state index in [1.807, 2.05) is 0 Å². The Balaban J connectivity index is 2.78. The highest BCUT2D eigenvalue weighted by atomic mass is 16.1. The van der Waals surface area contributed by atoms with Gasteiger partial charge < -0.3 is 5.32 Å². The van der Waals surface area contributed by atoms with Crippen LogP contribution in [0.25, 0.3) is 0 Å². The number of benzene rings is 1. The molecule has 1 aromatic carbocycles. The Morgan fingerprint density at radius 3 is 2.38 bits per heavy atom. The summed E-state index contributed by atoms with van der Waals surface area (Å²) in [6.45, 7) is 1.17. The van der Waals surface area contributed by atoms with Crippen LogP contribution in [0, 0.1) is 0 Å². The summed E-state index contributed by atoms with van der Waals surface area (Å²) in [5.41, 5.74) is 1.15. The summed E-state index contributed by atoms with van der Waals surface area (Å²) in [6.07, 6.45) is 0. The van der Waals surface area contributed by atoms with Crippen molar-refractivity contribution in [2.24, 2.45) is 0 Å². The molecular weight excluding hydrogens is 166 g/mol. The van der Waals surface area contributed by atoms with Crippen LogP contribution < -0.4 is 5.32 Å². The zero-order valence-electron chi connectivity index (χ0n) is 8.33. The first-order valence-corrected chi connectivity index (χ1v) is 3.83. The van der Waals surface area contributed by atoms with Gasteiger partial charge in [0.1, 0.15) is 0 Å². The third kappa shape index (κ3) is 2.71. The molecule has 3 nitrogen and oxygen atoms in total. The Hall–Kier alpha value is -1.64. The monoisotopic (exact) mass is 178 g/mol. The lowest BCUT2D eigenvalue weighted by Crippen LogP contribution is -2.05. The average molecular weight is 178 g/mol. The summed E-state index contributed by atoms with van der Waals surface area (Å²) in [5, 5.41) is 2.59. The fraction of sp³-hybridized carbons (Fsp3) is 0.200. The Kier molecular flexibility index (Phi) is 2.36. The van der Waals surface area contributed by atoms with E-state index in [0.717, 1.165) is 0 Å². The van der Waals surface area contributed by atoms with Crippen LogP contribution in [0.3, 0.4) is 0 Å². The second-order valence-electron chi connectivity index (χ2n) is 2.68. The highest BCUT2D eigenvalue weighted by Gasteiger charge is 1.99. The third-order valence-electron chi connectivity index (χ3n) is 1.53. The topological polar surface area (TPSA) is 46.2 Å². The summed E-state index contributed by atoms with van der Waals surface area (Å²) < 4.78 is 6.89. The van der Waals surface area contributed by atoms with Crippen molar-refractivity contribution in [2.75, 3.05) is 5.32 Å². The van der Waals surface area contributed by atoms with Crippen LogP contribution in [0.2, 0.25) is 0 Å². The van der Waals surface area contributed by atoms with Crippen molar-refractivity contribution in [3.8, 4) is 0 Å². The molecule has 1 aromatic rings. The van der Waals surface area contributed by atoms with E-state index >= 15 is 0 Å². The second kappa shape index (κ2) is 3.85. The minimum Gasteiger partial charge on any atom is -0.326 e. The maximum Gasteiger partial charge on any atom is 0.221 e. The Morgan fingerprint density at radius 2 is 1.92 bits per heavy atom. The largest absolute Gasteiger partial charge is 0.326 e. The van der Waals surface area contributed by atoms with E-state index in [9.17, 15) is 9.59 Å². The normalized spacial score (nSPS) is 10.4. The Labute approximate surface area is 78.2 Å². The van der Waals surface area contributed by atoms with Crippen LogP contribution in [-0.2, 0) is 4.79 Å². The predicted molar refractivity (Wildman–Crippen MR) is 50.8 cm³/mol. The Bertz CT molecular complexity index is 346. The first-order valence-electron chi connectivity index (χ1n) is 4.54. The summed E-state index contributed by atoms with van der Waals surface area (Å²) in [7, 11) is 0. The molecule has 0 aliphatic heterocycles. The molecule has 0 bridgehead atoms. The molecule has 1 N–H and O–H groups in total. The smallest absolute Gasteiger partial charge is 0.221 e. The molecule has 1 rings (SSSR count). The van der Waals surface area contributed by atoms with Crippen LogP contribution >= 0.6 is 0 Å². The highest BCUT2D eigenvalue weighted by Crippen LogP contribution is 2.09. The van der Waals surface area contributed by atoms with Gasteiger partial charge in [0.15, 0.2) is 5.78 Å². The predicted octanol–water partition coefficient (Wildman–Crippen LogP) is 1.85. The van der Waals surface area contributed by atoms with Gasteiger partial charge in [0, 0.05) is 19.5 Å². The van der Waals surface area contributed by atoms with Gasteiger partial charge in [0.25, 0.3) is 0 Å². The molecule has 0 heterocycles. The van der Waals surface area contributed by atoms with Gasteiger partial charge in [0.2, 0.25) is 5.91 Å². The van der Waals surface area contributed by atoms with Gasteiger partial charge >= 0.3 is 0 Å². The number of Topliss-reactive ketones (excluding diaryl/α,β-unsaturated/α-hetero) is 1. The van der Waals surface area contributed by atoms with Gasteiger partial charge in [0.05, 0.1) is 0 Å². The van der Waals surface area contributed by atoms with Gasteiger partial charge in [-0.15, -0.1) is 0 Å². The fourth-order valence-corrected chi connectivity index (χ4v) is 0.943. The minimum absolute atomic E-state index is 0.149. The number of amides is 1. The molecule has 3 heteroatoms. The van der Waals surface area contributed by atoms with Crippen molar-refractivity contribution < 1.29 is 11.0 Å². The van der Waals surface area contributed by atoms with Crippen LogP contribution in [0.4, 0.5) is 5.69 Å². The average Bonchev–Trinajstić information content (AvgIpc) is 2.17. The van der Waals surface area contributed by atoms with Crippen LogP contribution in [-0.4, -0.2) is 11.7 Å². The van der Waals surface area contributed by atoms with Gasteiger partial charge in [-0.3, -0.25) is 9.59 Å². The van der Waals surface area contributed by atoms with E-state index < -0.39 is 0 Å². The quantitative estimate of drug-likeness (QED) is 0.702. The minimum atomic E-state index is -0.251. The van der Waals surface area contributed by atoms with E-state index in [4.69, 9.17) is 1.37 Å². The van der Waals surface area contributed by atoms with Gasteiger partial charge in [-0.25, -0.2) is 0 Å². The first-order chi connectivity index (χ1) is 6.63. The number of nitrogens with one attached hydrogen (secondary N) is 1. The molecule has 0 unspecified atom stereocenters. The molecule has 13 heavy (non-hydrogen) atoms. The SMILES string of the molecule is [2H]CC(=O)c1ccc(NC(C)=O)cc1. The standard InChI is InChI=1S/C10H11NO2/c1-7(12)9-3-5-10(6-4-9)11-8(2)13/h3-6H,1-2H3,(H,11,13)/i1D. The molecular formula is C10H11NO2. The van der Waals surface area contributed by atoms with Crippen LogP contribution in [0.15, 0.2) is 24.3 Å². The zero-order chi connectivity index (χ0) is 10.6. The third-order valence-corrected chi connectivity index (χ3v) is 1.53. The van der Waals surface area contributed by atoms with Gasteiger partial charge in [-0.2, -0.15) is 0 Å². The number of anilines is 1. The zero-order valence-corrected chi connectivity index (χ0v) is 7.33. The fourth-order valence-electron chi connectivity index (χ4n) is 0.943. The van der Waals surface area contributed by atoms with Crippen molar-refractivity contribution in [2.45, 2.75) is 13.8 Å². The number of ketones is 1. The maximum absolute atomic E-state index is 11.1. The number of carbonyl (C=O) groups excluding carboxylic acids is 2.